The summed E-state index contributed by atoms with van der Waals surface area (Å²) >= 11 is 0. The summed E-state index contributed by atoms with van der Waals surface area (Å²) in [5.41, 5.74) is 1.76. The number of aromatic amines is 1. The predicted molar refractivity (Wildman–Crippen MR) is 110 cm³/mol. The fraction of sp³-hybridized carbons (Fsp3) is 0.286. The number of aromatic nitrogens is 5. The van der Waals surface area contributed by atoms with E-state index in [1.54, 1.807) is 43.3 Å². The largest absolute Gasteiger partial charge is 0.345 e. The molecule has 0 radical (unpaired) electrons. The van der Waals surface area contributed by atoms with Gasteiger partial charge in [0.15, 0.2) is 0 Å². The first kappa shape index (κ1) is 18.8. The van der Waals surface area contributed by atoms with Gasteiger partial charge in [-0.3, -0.25) is 9.78 Å². The molecule has 8 heteroatoms. The second kappa shape index (κ2) is 9.09. The van der Waals surface area contributed by atoms with Crippen LogP contribution in [0.5, 0.6) is 0 Å². The highest BCUT2D eigenvalue weighted by Crippen LogP contribution is 2.21. The second-order valence-corrected chi connectivity index (χ2v) is 7.07. The molecule has 0 aromatic carbocycles. The molecule has 1 unspecified atom stereocenters. The number of nitrogens with zero attached hydrogens (tertiary/aromatic N) is 5. The Labute approximate surface area is 169 Å². The number of rotatable bonds is 6. The van der Waals surface area contributed by atoms with Crippen molar-refractivity contribution in [2.75, 3.05) is 18.4 Å². The summed E-state index contributed by atoms with van der Waals surface area (Å²) in [5, 5.41) is 3.13. The summed E-state index contributed by atoms with van der Waals surface area (Å²) in [6.07, 6.45) is 14.8. The van der Waals surface area contributed by atoms with Crippen molar-refractivity contribution < 1.29 is 4.79 Å². The lowest BCUT2D eigenvalue weighted by Gasteiger charge is -2.32. The summed E-state index contributed by atoms with van der Waals surface area (Å²) in [5.74, 6) is 1.82. The van der Waals surface area contributed by atoms with Crippen LogP contribution in [0.3, 0.4) is 0 Å². The Hall–Kier alpha value is -3.55. The van der Waals surface area contributed by atoms with Gasteiger partial charge in [-0.05, 0) is 43.4 Å². The van der Waals surface area contributed by atoms with Crippen LogP contribution < -0.4 is 5.32 Å². The van der Waals surface area contributed by atoms with Crippen molar-refractivity contribution in [2.24, 2.45) is 5.92 Å². The number of imidazole rings is 1. The summed E-state index contributed by atoms with van der Waals surface area (Å²) in [6.45, 7) is 1.53. The molecule has 1 fully saturated rings. The summed E-state index contributed by atoms with van der Waals surface area (Å²) < 4.78 is 0. The summed E-state index contributed by atoms with van der Waals surface area (Å²) in [6, 6.07) is 5.66. The highest BCUT2D eigenvalue weighted by atomic mass is 16.2. The summed E-state index contributed by atoms with van der Waals surface area (Å²) in [7, 11) is 0. The standard InChI is InChI=1S/C21H23N7O/c29-21(7-6-17-11-22-15-26-17)28-9-3-4-16(14-28)10-18-12-25-20(13-24-18)27-19-5-1-2-8-23-19/h1-2,5-8,11-13,15-16H,3-4,9-10,14H2,(H,22,26)(H,23,25,27)/b7-6+. The zero-order valence-corrected chi connectivity index (χ0v) is 16.0. The highest BCUT2D eigenvalue weighted by Gasteiger charge is 2.23. The number of carbonyl (C=O) groups excluding carboxylic acids is 1. The molecule has 0 bridgehead atoms. The van der Waals surface area contributed by atoms with Gasteiger partial charge >= 0.3 is 0 Å². The molecule has 1 amide bonds. The number of hydrogen-bond donors (Lipinski definition) is 2. The number of anilines is 2. The van der Waals surface area contributed by atoms with Crippen molar-refractivity contribution in [2.45, 2.75) is 19.3 Å². The van der Waals surface area contributed by atoms with E-state index in [1.807, 2.05) is 23.1 Å². The van der Waals surface area contributed by atoms with Crippen LogP contribution in [-0.2, 0) is 11.2 Å². The molecule has 2 N–H and O–H groups in total. The predicted octanol–water partition coefficient (Wildman–Crippen LogP) is 2.83. The maximum absolute atomic E-state index is 12.5. The maximum atomic E-state index is 12.5. The van der Waals surface area contributed by atoms with Gasteiger partial charge in [0.2, 0.25) is 5.91 Å². The van der Waals surface area contributed by atoms with E-state index in [0.717, 1.165) is 49.6 Å². The second-order valence-electron chi connectivity index (χ2n) is 7.07. The average Bonchev–Trinajstić information content (AvgIpc) is 3.28. The molecule has 1 aliphatic rings. The third kappa shape index (κ3) is 5.25. The minimum absolute atomic E-state index is 0.0327. The van der Waals surface area contributed by atoms with Crippen molar-refractivity contribution in [1.82, 2.24) is 29.8 Å². The van der Waals surface area contributed by atoms with E-state index in [1.165, 1.54) is 0 Å². The van der Waals surface area contributed by atoms with Crippen molar-refractivity contribution in [3.63, 3.8) is 0 Å². The van der Waals surface area contributed by atoms with Gasteiger partial charge in [0, 0.05) is 25.4 Å². The molecule has 1 aliphatic heterocycles. The number of nitrogens with one attached hydrogen (secondary N) is 2. The van der Waals surface area contributed by atoms with Gasteiger partial charge in [-0.1, -0.05) is 6.07 Å². The van der Waals surface area contributed by atoms with Gasteiger partial charge in [-0.15, -0.1) is 0 Å². The van der Waals surface area contributed by atoms with Gasteiger partial charge in [0.05, 0.1) is 36.3 Å². The Kier molecular flexibility index (Phi) is 5.89. The van der Waals surface area contributed by atoms with Gasteiger partial charge in [0.1, 0.15) is 11.6 Å². The monoisotopic (exact) mass is 389 g/mol. The molecule has 1 saturated heterocycles. The number of carbonyl (C=O) groups is 1. The van der Waals surface area contributed by atoms with E-state index in [4.69, 9.17) is 0 Å². The van der Waals surface area contributed by atoms with Gasteiger partial charge in [-0.25, -0.2) is 15.0 Å². The Morgan fingerprint density at radius 1 is 1.21 bits per heavy atom. The molecule has 4 rings (SSSR count). The van der Waals surface area contributed by atoms with Crippen LogP contribution in [0.15, 0.2) is 55.4 Å². The zero-order chi connectivity index (χ0) is 19.9. The third-order valence-electron chi connectivity index (χ3n) is 4.88. The van der Waals surface area contributed by atoms with Crippen LogP contribution in [0.1, 0.15) is 24.2 Å². The number of likely N-dealkylation sites (tertiary alicyclic amines) is 1. The van der Waals surface area contributed by atoms with Crippen molar-refractivity contribution >= 4 is 23.6 Å². The molecule has 3 aromatic heterocycles. The molecule has 8 nitrogen and oxygen atoms in total. The Morgan fingerprint density at radius 3 is 2.93 bits per heavy atom. The van der Waals surface area contributed by atoms with Crippen LogP contribution in [0, 0.1) is 5.92 Å². The first-order valence-electron chi connectivity index (χ1n) is 9.70. The lowest BCUT2D eigenvalue weighted by atomic mass is 9.93. The lowest BCUT2D eigenvalue weighted by Crippen LogP contribution is -2.39. The number of hydrogen-bond acceptors (Lipinski definition) is 6. The lowest BCUT2D eigenvalue weighted by molar-refractivity contribution is -0.127. The molecule has 29 heavy (non-hydrogen) atoms. The van der Waals surface area contributed by atoms with E-state index in [-0.39, 0.29) is 5.91 Å². The van der Waals surface area contributed by atoms with Crippen molar-refractivity contribution in [3.8, 4) is 0 Å². The van der Waals surface area contributed by atoms with E-state index < -0.39 is 0 Å². The molecule has 148 valence electrons. The minimum Gasteiger partial charge on any atom is -0.345 e. The maximum Gasteiger partial charge on any atom is 0.246 e. The Morgan fingerprint density at radius 2 is 2.17 bits per heavy atom. The van der Waals surface area contributed by atoms with Crippen LogP contribution in [0.25, 0.3) is 6.08 Å². The fourth-order valence-electron chi connectivity index (χ4n) is 3.44. The van der Waals surface area contributed by atoms with Gasteiger partial charge in [-0.2, -0.15) is 0 Å². The van der Waals surface area contributed by atoms with E-state index in [2.05, 4.69) is 30.2 Å². The minimum atomic E-state index is 0.0327. The van der Waals surface area contributed by atoms with Crippen LogP contribution >= 0.6 is 0 Å². The fourth-order valence-corrected chi connectivity index (χ4v) is 3.44. The normalized spacial score (nSPS) is 16.8. The highest BCUT2D eigenvalue weighted by molar-refractivity contribution is 5.91. The zero-order valence-electron chi connectivity index (χ0n) is 16.0. The molecule has 0 aliphatic carbocycles. The first-order chi connectivity index (χ1) is 14.3. The number of amides is 1. The Balaban J connectivity index is 1.31. The van der Waals surface area contributed by atoms with Crippen LogP contribution in [-0.4, -0.2) is 48.8 Å². The van der Waals surface area contributed by atoms with E-state index in [0.29, 0.717) is 11.7 Å². The van der Waals surface area contributed by atoms with Crippen LogP contribution in [0.4, 0.5) is 11.6 Å². The third-order valence-corrected chi connectivity index (χ3v) is 4.88. The van der Waals surface area contributed by atoms with E-state index in [9.17, 15) is 4.79 Å². The summed E-state index contributed by atoms with van der Waals surface area (Å²) in [4.78, 5) is 34.5. The number of pyridine rings is 1. The molecular weight excluding hydrogens is 366 g/mol. The van der Waals surface area contributed by atoms with Gasteiger partial charge in [0.25, 0.3) is 0 Å². The van der Waals surface area contributed by atoms with Crippen LogP contribution in [0.2, 0.25) is 0 Å². The SMILES string of the molecule is O=C(/C=C/c1cnc[nH]1)N1CCCC(Cc2cnc(Nc3ccccn3)cn2)C1. The molecule has 4 heterocycles. The first-order valence-corrected chi connectivity index (χ1v) is 9.70. The number of H-pyrrole nitrogens is 1. The smallest absolute Gasteiger partial charge is 0.246 e. The molecule has 0 saturated carbocycles. The van der Waals surface area contributed by atoms with Crippen molar-refractivity contribution in [1.29, 1.82) is 0 Å². The quantitative estimate of drug-likeness (QED) is 0.629. The molecule has 3 aromatic rings. The number of piperidine rings is 1. The topological polar surface area (TPSA) is 99.7 Å². The van der Waals surface area contributed by atoms with Crippen molar-refractivity contribution in [3.05, 3.63) is 66.8 Å². The Bertz CT molecular complexity index is 939. The average molecular weight is 389 g/mol. The molecular formula is C21H23N7O. The molecule has 0 spiro atoms. The van der Waals surface area contributed by atoms with Gasteiger partial charge < -0.3 is 15.2 Å². The molecule has 1 atom stereocenters. The van der Waals surface area contributed by atoms with E-state index >= 15 is 0 Å².